The summed E-state index contributed by atoms with van der Waals surface area (Å²) >= 11 is 0. The summed E-state index contributed by atoms with van der Waals surface area (Å²) in [6.45, 7) is 7.51. The molecule has 1 rings (SSSR count). The second-order valence-corrected chi connectivity index (χ2v) is 5.50. The highest BCUT2D eigenvalue weighted by Crippen LogP contribution is 2.27. The van der Waals surface area contributed by atoms with Crippen molar-refractivity contribution in [3.8, 4) is 0 Å². The molecule has 2 atom stereocenters. The van der Waals surface area contributed by atoms with Crippen LogP contribution in [0.5, 0.6) is 0 Å². The van der Waals surface area contributed by atoms with Crippen LogP contribution >= 0.6 is 0 Å². The highest BCUT2D eigenvalue weighted by molar-refractivity contribution is 5.58. The summed E-state index contributed by atoms with van der Waals surface area (Å²) < 4.78 is 0. The molecule has 0 fully saturated rings. The zero-order valence-corrected chi connectivity index (χ0v) is 14.4. The number of aliphatic hydroxyl groups excluding tert-OH is 2. The number of aryl methyl sites for hydroxylation is 2. The van der Waals surface area contributed by atoms with Gasteiger partial charge in [0.15, 0.2) is 0 Å². The Labute approximate surface area is 137 Å². The Morgan fingerprint density at radius 2 is 1.70 bits per heavy atom. The van der Waals surface area contributed by atoms with Gasteiger partial charge in [-0.3, -0.25) is 10.1 Å². The second-order valence-electron chi connectivity index (χ2n) is 5.50. The standard InChI is InChI=1S/C12H18N2O3.C4H11NO/c1-4-10(7-15)13-11-5-8(2)12(14(16)17)9(3)6-11;1-2-4(5)3-6/h5-6,10,13,15H,4,7H2,1-3H3;4,6H,2-3,5H2,1H3/t10-;4-/m00/s1. The van der Waals surface area contributed by atoms with E-state index in [4.69, 9.17) is 15.9 Å². The van der Waals surface area contributed by atoms with E-state index in [0.29, 0.717) is 11.1 Å². The van der Waals surface area contributed by atoms with Crippen LogP contribution in [0.2, 0.25) is 0 Å². The minimum atomic E-state index is -0.363. The molecule has 0 amide bonds. The molecule has 132 valence electrons. The third kappa shape index (κ3) is 7.40. The van der Waals surface area contributed by atoms with Gasteiger partial charge in [0, 0.05) is 28.9 Å². The average Bonchev–Trinajstić information content (AvgIpc) is 2.51. The van der Waals surface area contributed by atoms with Crippen LogP contribution in [0.3, 0.4) is 0 Å². The summed E-state index contributed by atoms with van der Waals surface area (Å²) in [5.41, 5.74) is 7.45. The van der Waals surface area contributed by atoms with Gasteiger partial charge in [0.25, 0.3) is 5.69 Å². The number of nitrogens with one attached hydrogen (secondary N) is 1. The van der Waals surface area contributed by atoms with Crippen LogP contribution < -0.4 is 11.1 Å². The van der Waals surface area contributed by atoms with Gasteiger partial charge in [-0.15, -0.1) is 0 Å². The molecular weight excluding hydrogens is 298 g/mol. The van der Waals surface area contributed by atoms with E-state index in [1.165, 1.54) is 0 Å². The Bertz CT molecular complexity index is 463. The van der Waals surface area contributed by atoms with E-state index >= 15 is 0 Å². The quantitative estimate of drug-likeness (QED) is 0.449. The van der Waals surface area contributed by atoms with Crippen LogP contribution in [0.4, 0.5) is 11.4 Å². The molecule has 1 aromatic carbocycles. The summed E-state index contributed by atoms with van der Waals surface area (Å²) in [7, 11) is 0. The van der Waals surface area contributed by atoms with Crippen molar-refractivity contribution in [1.82, 2.24) is 0 Å². The Balaban J connectivity index is 0.000000688. The number of nitrogens with two attached hydrogens (primary N) is 1. The van der Waals surface area contributed by atoms with Gasteiger partial charge >= 0.3 is 0 Å². The van der Waals surface area contributed by atoms with Crippen molar-refractivity contribution < 1.29 is 15.1 Å². The Kier molecular flexibility index (Phi) is 10.1. The number of nitro groups is 1. The molecule has 0 aliphatic rings. The van der Waals surface area contributed by atoms with Crippen molar-refractivity contribution in [3.63, 3.8) is 0 Å². The first-order valence-electron chi connectivity index (χ1n) is 7.80. The zero-order chi connectivity index (χ0) is 18.0. The van der Waals surface area contributed by atoms with Crippen molar-refractivity contribution in [2.75, 3.05) is 18.5 Å². The van der Waals surface area contributed by atoms with Crippen molar-refractivity contribution >= 4 is 11.4 Å². The van der Waals surface area contributed by atoms with E-state index in [0.717, 1.165) is 18.5 Å². The number of aliphatic hydroxyl groups is 2. The number of nitrogens with zero attached hydrogens (tertiary/aromatic N) is 1. The van der Waals surface area contributed by atoms with Crippen LogP contribution in [0, 0.1) is 24.0 Å². The van der Waals surface area contributed by atoms with Crippen molar-refractivity contribution in [3.05, 3.63) is 33.4 Å². The van der Waals surface area contributed by atoms with Crippen LogP contribution in [0.25, 0.3) is 0 Å². The molecule has 0 aliphatic heterocycles. The molecule has 0 saturated carbocycles. The molecule has 5 N–H and O–H groups in total. The van der Waals surface area contributed by atoms with Gasteiger partial charge in [0.1, 0.15) is 0 Å². The first-order chi connectivity index (χ1) is 10.8. The van der Waals surface area contributed by atoms with E-state index in [1.54, 1.807) is 26.0 Å². The largest absolute Gasteiger partial charge is 0.395 e. The third-order valence-electron chi connectivity index (χ3n) is 3.52. The van der Waals surface area contributed by atoms with Crippen LogP contribution in [0.1, 0.15) is 37.8 Å². The van der Waals surface area contributed by atoms with Gasteiger partial charge in [-0.05, 0) is 38.8 Å². The number of nitro benzene ring substituents is 1. The molecule has 0 aromatic heterocycles. The predicted octanol–water partition coefficient (Wildman–Crippen LogP) is 2.11. The van der Waals surface area contributed by atoms with E-state index < -0.39 is 0 Å². The van der Waals surface area contributed by atoms with Gasteiger partial charge < -0.3 is 21.3 Å². The average molecular weight is 327 g/mol. The fourth-order valence-electron chi connectivity index (χ4n) is 1.97. The molecule has 23 heavy (non-hydrogen) atoms. The van der Waals surface area contributed by atoms with E-state index in [9.17, 15) is 10.1 Å². The number of rotatable bonds is 7. The van der Waals surface area contributed by atoms with Gasteiger partial charge in [0.05, 0.1) is 18.1 Å². The molecular formula is C16H29N3O4. The fraction of sp³-hybridized carbons (Fsp3) is 0.625. The highest BCUT2D eigenvalue weighted by Gasteiger charge is 2.16. The number of hydrogen-bond donors (Lipinski definition) is 4. The molecule has 7 heteroatoms. The molecule has 0 heterocycles. The van der Waals surface area contributed by atoms with Crippen molar-refractivity contribution in [2.24, 2.45) is 5.73 Å². The topological polar surface area (TPSA) is 122 Å². The minimum Gasteiger partial charge on any atom is -0.395 e. The highest BCUT2D eigenvalue weighted by atomic mass is 16.6. The summed E-state index contributed by atoms with van der Waals surface area (Å²) in [6.07, 6.45) is 1.65. The first-order valence-corrected chi connectivity index (χ1v) is 7.80. The van der Waals surface area contributed by atoms with Crippen LogP contribution in [-0.2, 0) is 0 Å². The molecule has 0 unspecified atom stereocenters. The first kappa shape index (κ1) is 21.3. The molecule has 7 nitrogen and oxygen atoms in total. The minimum absolute atomic E-state index is 0.00926. The molecule has 0 spiro atoms. The summed E-state index contributed by atoms with van der Waals surface area (Å²) in [5.74, 6) is 0. The normalized spacial score (nSPS) is 12.8. The van der Waals surface area contributed by atoms with Crippen LogP contribution in [-0.4, -0.2) is 40.4 Å². The van der Waals surface area contributed by atoms with Crippen LogP contribution in [0.15, 0.2) is 12.1 Å². The molecule has 0 aliphatic carbocycles. The Morgan fingerprint density at radius 3 is 1.96 bits per heavy atom. The number of benzene rings is 1. The van der Waals surface area contributed by atoms with Gasteiger partial charge in [0.2, 0.25) is 0 Å². The smallest absolute Gasteiger partial charge is 0.275 e. The van der Waals surface area contributed by atoms with Gasteiger partial charge in [-0.2, -0.15) is 0 Å². The zero-order valence-electron chi connectivity index (χ0n) is 14.4. The maximum Gasteiger partial charge on any atom is 0.275 e. The maximum atomic E-state index is 10.8. The molecule has 0 bridgehead atoms. The van der Waals surface area contributed by atoms with Crippen molar-refractivity contribution in [1.29, 1.82) is 0 Å². The van der Waals surface area contributed by atoms with Gasteiger partial charge in [-0.25, -0.2) is 0 Å². The SMILES string of the molecule is CC[C@@H](CO)Nc1cc(C)c([N+](=O)[O-])c(C)c1.CC[C@H](N)CO. The summed E-state index contributed by atoms with van der Waals surface area (Å²) in [6, 6.07) is 3.45. The fourth-order valence-corrected chi connectivity index (χ4v) is 1.97. The lowest BCUT2D eigenvalue weighted by molar-refractivity contribution is -0.386. The van der Waals surface area contributed by atoms with E-state index in [1.807, 2.05) is 13.8 Å². The third-order valence-corrected chi connectivity index (χ3v) is 3.52. The molecule has 0 saturated heterocycles. The summed E-state index contributed by atoms with van der Waals surface area (Å²) in [4.78, 5) is 10.5. The molecule has 1 aromatic rings. The maximum absolute atomic E-state index is 10.8. The predicted molar refractivity (Wildman–Crippen MR) is 92.7 cm³/mol. The van der Waals surface area contributed by atoms with E-state index in [2.05, 4.69) is 5.32 Å². The lowest BCUT2D eigenvalue weighted by Gasteiger charge is -2.16. The summed E-state index contributed by atoms with van der Waals surface area (Å²) in [5, 5.41) is 31.3. The number of hydrogen-bond acceptors (Lipinski definition) is 6. The van der Waals surface area contributed by atoms with Gasteiger partial charge in [-0.1, -0.05) is 13.8 Å². The van der Waals surface area contributed by atoms with E-state index in [-0.39, 0.29) is 35.9 Å². The lowest BCUT2D eigenvalue weighted by Crippen LogP contribution is -2.22. The number of anilines is 1. The Hall–Kier alpha value is -1.70. The molecule has 0 radical (unpaired) electrons. The second kappa shape index (κ2) is 10.9. The Morgan fingerprint density at radius 1 is 1.17 bits per heavy atom. The lowest BCUT2D eigenvalue weighted by atomic mass is 10.1. The monoisotopic (exact) mass is 327 g/mol. The van der Waals surface area contributed by atoms with Crippen molar-refractivity contribution in [2.45, 2.75) is 52.6 Å².